The molecule has 10 nitrogen and oxygen atoms in total. The van der Waals surface area contributed by atoms with Gasteiger partial charge in [-0.2, -0.15) is 0 Å². The van der Waals surface area contributed by atoms with Crippen LogP contribution in [0, 0.1) is 11.3 Å². The molecule has 41 heavy (non-hydrogen) atoms. The minimum absolute atomic E-state index is 0.223. The number of methoxy groups -OCH3 is 1. The number of hydrogen-bond acceptors (Lipinski definition) is 9. The number of ether oxygens (including phenoxy) is 3. The Kier molecular flexibility index (Phi) is 9.31. The maximum absolute atomic E-state index is 13.6. The number of nitrogens with zero attached hydrogens (tertiary/aromatic N) is 2. The summed E-state index contributed by atoms with van der Waals surface area (Å²) >= 11 is 0. The molecule has 2 aliphatic heterocycles. The van der Waals surface area contributed by atoms with Gasteiger partial charge in [-0.3, -0.25) is 19.0 Å². The van der Waals surface area contributed by atoms with E-state index in [2.05, 4.69) is 10.3 Å². The van der Waals surface area contributed by atoms with Gasteiger partial charge in [-0.25, -0.2) is 9.78 Å². The SMILES string of the molecule is C1CCNCC1.COC(=O)C1=CC[C@@]23CC[C@@H]([C@@](C)(/C=C/C=C(\C)C(=O)n4ccnc4)OC2=O)[C@@]3(OC(C)=O)CC1. The average molecular weight is 568 g/mol. The van der Waals surface area contributed by atoms with Gasteiger partial charge in [0, 0.05) is 36.4 Å². The fourth-order valence-electron chi connectivity index (χ4n) is 6.84. The van der Waals surface area contributed by atoms with Crippen molar-refractivity contribution in [3.8, 4) is 0 Å². The van der Waals surface area contributed by atoms with Crippen LogP contribution in [0.4, 0.5) is 0 Å². The molecule has 3 fully saturated rings. The van der Waals surface area contributed by atoms with Gasteiger partial charge in [0.25, 0.3) is 5.91 Å². The highest BCUT2D eigenvalue weighted by atomic mass is 16.6. The van der Waals surface area contributed by atoms with E-state index in [-0.39, 0.29) is 18.2 Å². The smallest absolute Gasteiger partial charge is 0.333 e. The van der Waals surface area contributed by atoms with E-state index in [1.165, 1.54) is 63.5 Å². The number of rotatable bonds is 5. The molecule has 0 unspecified atom stereocenters. The first-order chi connectivity index (χ1) is 19.6. The van der Waals surface area contributed by atoms with Crippen LogP contribution in [0.5, 0.6) is 0 Å². The highest BCUT2D eigenvalue weighted by Crippen LogP contribution is 2.65. The van der Waals surface area contributed by atoms with E-state index in [4.69, 9.17) is 14.2 Å². The van der Waals surface area contributed by atoms with Crippen LogP contribution in [0.15, 0.2) is 54.2 Å². The Morgan fingerprint density at radius 3 is 2.51 bits per heavy atom. The number of allylic oxidation sites excluding steroid dienone is 4. The van der Waals surface area contributed by atoms with Crippen molar-refractivity contribution in [1.82, 2.24) is 14.9 Å². The molecule has 5 rings (SSSR count). The van der Waals surface area contributed by atoms with Crippen molar-refractivity contribution in [2.24, 2.45) is 11.3 Å². The van der Waals surface area contributed by atoms with Crippen molar-refractivity contribution in [3.05, 3.63) is 54.2 Å². The molecule has 0 amide bonds. The zero-order valence-electron chi connectivity index (χ0n) is 24.4. The first-order valence-electron chi connectivity index (χ1n) is 14.4. The molecule has 4 atom stereocenters. The molecule has 1 saturated carbocycles. The summed E-state index contributed by atoms with van der Waals surface area (Å²) in [5.74, 6) is -1.92. The maximum Gasteiger partial charge on any atom is 0.333 e. The molecule has 0 aromatic carbocycles. The monoisotopic (exact) mass is 567 g/mol. The van der Waals surface area contributed by atoms with Gasteiger partial charge >= 0.3 is 17.9 Å². The Balaban J connectivity index is 0.000000572. The molecular formula is C31H41N3O7. The molecule has 1 N–H and O–H groups in total. The van der Waals surface area contributed by atoms with Crippen LogP contribution >= 0.6 is 0 Å². The molecule has 1 aromatic heterocycles. The molecule has 4 aliphatic rings. The predicted molar refractivity (Wildman–Crippen MR) is 151 cm³/mol. The summed E-state index contributed by atoms with van der Waals surface area (Å²) in [4.78, 5) is 54.5. The van der Waals surface area contributed by atoms with Crippen molar-refractivity contribution in [2.75, 3.05) is 20.2 Å². The number of piperidine rings is 1. The van der Waals surface area contributed by atoms with Crippen LogP contribution in [0.2, 0.25) is 0 Å². The summed E-state index contributed by atoms with van der Waals surface area (Å²) in [6.45, 7) is 7.32. The molecule has 3 heterocycles. The molecule has 2 saturated heterocycles. The van der Waals surface area contributed by atoms with E-state index in [0.29, 0.717) is 36.8 Å². The Morgan fingerprint density at radius 2 is 1.93 bits per heavy atom. The minimum atomic E-state index is -1.12. The number of cyclic esters (lactones) is 1. The lowest BCUT2D eigenvalue weighted by Gasteiger charge is -2.54. The number of carbonyl (C=O) groups excluding carboxylic acids is 4. The van der Waals surface area contributed by atoms with E-state index in [9.17, 15) is 19.2 Å². The third kappa shape index (κ3) is 5.93. The number of carbonyl (C=O) groups is 4. The van der Waals surface area contributed by atoms with Crippen LogP contribution in [0.25, 0.3) is 0 Å². The number of aromatic nitrogens is 2. The largest absolute Gasteiger partial charge is 0.466 e. The van der Waals surface area contributed by atoms with E-state index in [1.54, 1.807) is 44.3 Å². The van der Waals surface area contributed by atoms with Gasteiger partial charge in [-0.05, 0) is 78.0 Å². The van der Waals surface area contributed by atoms with E-state index >= 15 is 0 Å². The highest BCUT2D eigenvalue weighted by Gasteiger charge is 2.74. The lowest BCUT2D eigenvalue weighted by atomic mass is 9.62. The Morgan fingerprint density at radius 1 is 1.17 bits per heavy atom. The maximum atomic E-state index is 13.6. The summed E-state index contributed by atoms with van der Waals surface area (Å²) in [6, 6.07) is 0. The summed E-state index contributed by atoms with van der Waals surface area (Å²) in [7, 11) is 1.32. The third-order valence-corrected chi connectivity index (χ3v) is 8.92. The standard InChI is InChI=1S/C26H30N2O7.C5H11N/c1-17(21(30)28-15-14-27-16-28)6-5-10-24(3)20-9-12-25(23(32)35-24)11-7-19(22(31)33-4)8-13-26(20,25)34-18(2)29;1-2-4-6-5-3-1/h5-7,10,14-16,20H,8-9,11-13H2,1-4H3;6H,1-5H2/b10-5+,17-6+;/t20-,24+,25+,26-;/m0./s1. The molecule has 2 aliphatic carbocycles. The van der Waals surface area contributed by atoms with Gasteiger partial charge in [-0.1, -0.05) is 24.6 Å². The zero-order chi connectivity index (χ0) is 29.7. The van der Waals surface area contributed by atoms with Crippen LogP contribution in [-0.4, -0.2) is 64.8 Å². The van der Waals surface area contributed by atoms with Gasteiger partial charge in [0.15, 0.2) is 0 Å². The van der Waals surface area contributed by atoms with Crippen LogP contribution in [0.1, 0.15) is 76.9 Å². The fourth-order valence-corrected chi connectivity index (χ4v) is 6.84. The van der Waals surface area contributed by atoms with Crippen molar-refractivity contribution in [1.29, 1.82) is 0 Å². The summed E-state index contributed by atoms with van der Waals surface area (Å²) in [5.41, 5.74) is -2.31. The van der Waals surface area contributed by atoms with E-state index < -0.39 is 34.5 Å². The minimum Gasteiger partial charge on any atom is -0.466 e. The van der Waals surface area contributed by atoms with Gasteiger partial charge in [0.1, 0.15) is 22.9 Å². The van der Waals surface area contributed by atoms with Crippen molar-refractivity contribution < 1.29 is 33.4 Å². The van der Waals surface area contributed by atoms with Crippen LogP contribution < -0.4 is 5.32 Å². The van der Waals surface area contributed by atoms with Gasteiger partial charge < -0.3 is 19.5 Å². The molecule has 0 radical (unpaired) electrons. The molecule has 0 spiro atoms. The topological polar surface area (TPSA) is 126 Å². The van der Waals surface area contributed by atoms with Gasteiger partial charge in [0.05, 0.1) is 7.11 Å². The number of hydrogen-bond donors (Lipinski definition) is 1. The quantitative estimate of drug-likeness (QED) is 0.242. The number of esters is 3. The van der Waals surface area contributed by atoms with Gasteiger partial charge in [0.2, 0.25) is 0 Å². The summed E-state index contributed by atoms with van der Waals surface area (Å²) < 4.78 is 18.3. The molecule has 2 bridgehead atoms. The number of nitrogens with one attached hydrogen (secondary N) is 1. The molecule has 1 aromatic rings. The molecule has 10 heteroatoms. The average Bonchev–Trinajstić information content (AvgIpc) is 3.54. The fraction of sp³-hybridized carbons (Fsp3) is 0.581. The van der Waals surface area contributed by atoms with Crippen LogP contribution in [-0.2, 0) is 28.6 Å². The van der Waals surface area contributed by atoms with Crippen molar-refractivity contribution in [3.63, 3.8) is 0 Å². The highest BCUT2D eigenvalue weighted by molar-refractivity contribution is 5.95. The van der Waals surface area contributed by atoms with E-state index in [1.807, 2.05) is 0 Å². The predicted octanol–water partition coefficient (Wildman–Crippen LogP) is 4.08. The molecule has 222 valence electrons. The van der Waals surface area contributed by atoms with Crippen molar-refractivity contribution in [2.45, 2.75) is 83.3 Å². The van der Waals surface area contributed by atoms with Crippen LogP contribution in [0.3, 0.4) is 0 Å². The second-order valence-corrected chi connectivity index (χ2v) is 11.4. The number of imidazole rings is 1. The second kappa shape index (κ2) is 12.5. The van der Waals surface area contributed by atoms with Crippen molar-refractivity contribution >= 4 is 23.8 Å². The molecular weight excluding hydrogens is 526 g/mol. The Hall–Kier alpha value is -3.53. The zero-order valence-corrected chi connectivity index (χ0v) is 24.4. The second-order valence-electron chi connectivity index (χ2n) is 11.4. The first-order valence-corrected chi connectivity index (χ1v) is 14.4. The summed E-state index contributed by atoms with van der Waals surface area (Å²) in [5, 5.41) is 3.28. The third-order valence-electron chi connectivity index (χ3n) is 8.92. The lowest BCUT2D eigenvalue weighted by molar-refractivity contribution is -0.235. The summed E-state index contributed by atoms with van der Waals surface area (Å²) in [6.07, 6.45) is 17.5. The Labute approximate surface area is 241 Å². The lowest BCUT2D eigenvalue weighted by Crippen LogP contribution is -2.65. The van der Waals surface area contributed by atoms with E-state index in [0.717, 1.165) is 0 Å². The first kappa shape index (κ1) is 30.4. The Bertz CT molecular complexity index is 1230. The van der Waals surface area contributed by atoms with Gasteiger partial charge in [-0.15, -0.1) is 0 Å². The normalized spacial score (nSPS) is 31.1.